The Morgan fingerprint density at radius 1 is 1.17 bits per heavy atom. The number of rotatable bonds is 6. The zero-order chi connectivity index (χ0) is 17.0. The maximum Gasteiger partial charge on any atom is 0.246 e. The van der Waals surface area contributed by atoms with Crippen LogP contribution in [-0.4, -0.2) is 26.7 Å². The van der Waals surface area contributed by atoms with Crippen LogP contribution in [0.2, 0.25) is 0 Å². The van der Waals surface area contributed by atoms with Gasteiger partial charge in [-0.2, -0.15) is 0 Å². The van der Waals surface area contributed by atoms with E-state index in [2.05, 4.69) is 29.5 Å². The van der Waals surface area contributed by atoms with Gasteiger partial charge in [0, 0.05) is 12.6 Å². The Balaban J connectivity index is 2.19. The van der Waals surface area contributed by atoms with Crippen LogP contribution >= 0.6 is 0 Å². The number of hydrogen-bond donors (Lipinski definition) is 1. The van der Waals surface area contributed by atoms with Gasteiger partial charge in [0.15, 0.2) is 11.5 Å². The number of Topliss-reactive ketones (excluding diaryl/α,β-unsaturated/α-hetero) is 1. The predicted octanol–water partition coefficient (Wildman–Crippen LogP) is 2.55. The van der Waals surface area contributed by atoms with Crippen LogP contribution < -0.4 is 5.32 Å². The summed E-state index contributed by atoms with van der Waals surface area (Å²) in [6.07, 6.45) is 1.70. The number of ketones is 1. The molecule has 6 heteroatoms. The maximum atomic E-state index is 12.4. The zero-order valence-electron chi connectivity index (χ0n) is 14.0. The molecular weight excluding hydrogens is 292 g/mol. The first-order chi connectivity index (χ1) is 11.0. The van der Waals surface area contributed by atoms with Crippen LogP contribution in [0.25, 0.3) is 0 Å². The van der Waals surface area contributed by atoms with Gasteiger partial charge in [-0.25, -0.2) is 4.68 Å². The molecule has 0 spiro atoms. The summed E-state index contributed by atoms with van der Waals surface area (Å²) in [5.74, 6) is -0.331. The van der Waals surface area contributed by atoms with E-state index < -0.39 is 0 Å². The highest BCUT2D eigenvalue weighted by atomic mass is 16.2. The third kappa shape index (κ3) is 3.64. The second-order valence-electron chi connectivity index (χ2n) is 5.44. The summed E-state index contributed by atoms with van der Waals surface area (Å²) >= 11 is 0. The smallest absolute Gasteiger partial charge is 0.246 e. The van der Waals surface area contributed by atoms with E-state index >= 15 is 0 Å². The van der Waals surface area contributed by atoms with Gasteiger partial charge in [0.25, 0.3) is 0 Å². The van der Waals surface area contributed by atoms with Crippen molar-refractivity contribution in [2.45, 2.75) is 47.1 Å². The molecule has 0 bridgehead atoms. The fourth-order valence-corrected chi connectivity index (χ4v) is 2.55. The van der Waals surface area contributed by atoms with E-state index in [-0.39, 0.29) is 18.2 Å². The van der Waals surface area contributed by atoms with Gasteiger partial charge >= 0.3 is 0 Å². The average molecular weight is 314 g/mol. The Morgan fingerprint density at radius 2 is 1.78 bits per heavy atom. The number of aromatic nitrogens is 3. The molecule has 0 atom stereocenters. The average Bonchev–Trinajstić information content (AvgIpc) is 2.88. The van der Waals surface area contributed by atoms with E-state index in [0.29, 0.717) is 11.4 Å². The minimum Gasteiger partial charge on any atom is -0.324 e. The number of carbonyl (C=O) groups is 2. The van der Waals surface area contributed by atoms with Crippen molar-refractivity contribution in [2.75, 3.05) is 5.32 Å². The van der Waals surface area contributed by atoms with Gasteiger partial charge in [-0.3, -0.25) is 9.59 Å². The Kier molecular flexibility index (Phi) is 5.26. The van der Waals surface area contributed by atoms with E-state index in [1.165, 1.54) is 11.6 Å². The third-order valence-electron chi connectivity index (χ3n) is 3.87. The van der Waals surface area contributed by atoms with Gasteiger partial charge in [0.1, 0.15) is 6.54 Å². The number of amides is 1. The third-order valence-corrected chi connectivity index (χ3v) is 3.87. The van der Waals surface area contributed by atoms with E-state index in [0.717, 1.165) is 29.7 Å². The second kappa shape index (κ2) is 7.17. The molecule has 0 fully saturated rings. The van der Waals surface area contributed by atoms with E-state index in [1.807, 2.05) is 18.2 Å². The highest BCUT2D eigenvalue weighted by Gasteiger charge is 2.16. The molecule has 2 aromatic rings. The lowest BCUT2D eigenvalue weighted by Gasteiger charge is -2.14. The maximum absolute atomic E-state index is 12.4. The largest absolute Gasteiger partial charge is 0.324 e. The molecular formula is C17H22N4O2. The molecule has 6 nitrogen and oxygen atoms in total. The summed E-state index contributed by atoms with van der Waals surface area (Å²) in [5, 5.41) is 10.7. The number of anilines is 1. The van der Waals surface area contributed by atoms with Crippen molar-refractivity contribution in [3.05, 3.63) is 40.7 Å². The van der Waals surface area contributed by atoms with Gasteiger partial charge in [0.2, 0.25) is 5.91 Å². The van der Waals surface area contributed by atoms with Crippen molar-refractivity contribution >= 4 is 17.4 Å². The van der Waals surface area contributed by atoms with Crippen LogP contribution in [0.3, 0.4) is 0 Å². The fourth-order valence-electron chi connectivity index (χ4n) is 2.55. The molecule has 23 heavy (non-hydrogen) atoms. The molecule has 2 rings (SSSR count). The predicted molar refractivity (Wildman–Crippen MR) is 88.6 cm³/mol. The van der Waals surface area contributed by atoms with E-state index in [4.69, 9.17) is 0 Å². The number of benzene rings is 1. The van der Waals surface area contributed by atoms with Gasteiger partial charge < -0.3 is 5.32 Å². The molecule has 0 aliphatic carbocycles. The molecule has 1 amide bonds. The van der Waals surface area contributed by atoms with Crippen molar-refractivity contribution in [1.29, 1.82) is 0 Å². The van der Waals surface area contributed by atoms with Crippen molar-refractivity contribution < 1.29 is 9.59 Å². The van der Waals surface area contributed by atoms with Crippen LogP contribution in [0.1, 0.15) is 48.1 Å². The van der Waals surface area contributed by atoms with Gasteiger partial charge in [-0.15, -0.1) is 5.10 Å². The highest BCUT2D eigenvalue weighted by molar-refractivity contribution is 5.94. The van der Waals surface area contributed by atoms with Crippen LogP contribution in [0.15, 0.2) is 18.2 Å². The summed E-state index contributed by atoms with van der Waals surface area (Å²) < 4.78 is 1.45. The Hall–Kier alpha value is -2.50. The number of carbonyl (C=O) groups excluding carboxylic acids is 2. The van der Waals surface area contributed by atoms with Crippen molar-refractivity contribution in [3.8, 4) is 0 Å². The van der Waals surface area contributed by atoms with Crippen LogP contribution in [-0.2, 0) is 24.2 Å². The quantitative estimate of drug-likeness (QED) is 0.831. The van der Waals surface area contributed by atoms with Gasteiger partial charge in [-0.1, -0.05) is 37.3 Å². The Labute approximate surface area is 135 Å². The lowest BCUT2D eigenvalue weighted by molar-refractivity contribution is -0.117. The molecule has 1 heterocycles. The molecule has 0 saturated carbocycles. The summed E-state index contributed by atoms with van der Waals surface area (Å²) in [4.78, 5) is 23.8. The van der Waals surface area contributed by atoms with Crippen molar-refractivity contribution in [3.63, 3.8) is 0 Å². The zero-order valence-corrected chi connectivity index (χ0v) is 14.0. The fraction of sp³-hybridized carbons (Fsp3) is 0.412. The SMILES string of the molecule is CCc1cccc(CC)c1NC(=O)Cn1nnc(C(C)=O)c1C. The van der Waals surface area contributed by atoms with Crippen LogP contribution in [0.5, 0.6) is 0 Å². The number of para-hydroxylation sites is 1. The number of nitrogens with one attached hydrogen (secondary N) is 1. The molecule has 1 aromatic carbocycles. The molecule has 0 aliphatic rings. The van der Waals surface area contributed by atoms with Gasteiger partial charge in [-0.05, 0) is 30.9 Å². The second-order valence-corrected chi connectivity index (χ2v) is 5.44. The Bertz CT molecular complexity index is 712. The number of aryl methyl sites for hydroxylation is 2. The lowest BCUT2D eigenvalue weighted by Crippen LogP contribution is -2.22. The standard InChI is InChI=1S/C17H22N4O2/c1-5-13-8-7-9-14(6-2)17(13)18-15(23)10-21-11(3)16(12(4)22)19-20-21/h7-9H,5-6,10H2,1-4H3,(H,18,23). The summed E-state index contributed by atoms with van der Waals surface area (Å²) in [7, 11) is 0. The van der Waals surface area contributed by atoms with Crippen molar-refractivity contribution in [1.82, 2.24) is 15.0 Å². The Morgan fingerprint density at radius 3 is 2.26 bits per heavy atom. The first kappa shape index (κ1) is 16.9. The number of nitrogens with zero attached hydrogens (tertiary/aromatic N) is 3. The molecule has 0 aliphatic heterocycles. The minimum atomic E-state index is -0.177. The normalized spacial score (nSPS) is 10.6. The van der Waals surface area contributed by atoms with Gasteiger partial charge in [0.05, 0.1) is 5.69 Å². The summed E-state index contributed by atoms with van der Waals surface area (Å²) in [6, 6.07) is 6.04. The topological polar surface area (TPSA) is 76.9 Å². The van der Waals surface area contributed by atoms with Crippen LogP contribution in [0, 0.1) is 6.92 Å². The summed E-state index contributed by atoms with van der Waals surface area (Å²) in [6.45, 7) is 7.33. The molecule has 0 unspecified atom stereocenters. The number of hydrogen-bond acceptors (Lipinski definition) is 4. The van der Waals surface area contributed by atoms with E-state index in [9.17, 15) is 9.59 Å². The molecule has 1 aromatic heterocycles. The molecule has 1 N–H and O–H groups in total. The minimum absolute atomic E-state index is 0.0350. The molecule has 122 valence electrons. The van der Waals surface area contributed by atoms with E-state index in [1.54, 1.807) is 6.92 Å². The molecule has 0 radical (unpaired) electrons. The summed E-state index contributed by atoms with van der Waals surface area (Å²) in [5.41, 5.74) is 4.01. The first-order valence-corrected chi connectivity index (χ1v) is 7.79. The monoisotopic (exact) mass is 314 g/mol. The lowest BCUT2D eigenvalue weighted by atomic mass is 10.0. The molecule has 0 saturated heterocycles. The first-order valence-electron chi connectivity index (χ1n) is 7.79. The van der Waals surface area contributed by atoms with Crippen molar-refractivity contribution in [2.24, 2.45) is 0 Å². The highest BCUT2D eigenvalue weighted by Crippen LogP contribution is 2.22. The van der Waals surface area contributed by atoms with Crippen LogP contribution in [0.4, 0.5) is 5.69 Å².